The molecule has 126 valence electrons. The van der Waals surface area contributed by atoms with Gasteiger partial charge in [0, 0.05) is 37.6 Å². The molecule has 2 aromatic rings. The van der Waals surface area contributed by atoms with Crippen molar-refractivity contribution in [3.05, 3.63) is 30.5 Å². The van der Waals surface area contributed by atoms with Gasteiger partial charge in [0.15, 0.2) is 0 Å². The van der Waals surface area contributed by atoms with Gasteiger partial charge in [-0.15, -0.1) is 0 Å². The third kappa shape index (κ3) is 3.99. The van der Waals surface area contributed by atoms with Crippen LogP contribution in [-0.2, 0) is 0 Å². The van der Waals surface area contributed by atoms with Crippen molar-refractivity contribution in [2.75, 3.05) is 44.5 Å². The summed E-state index contributed by atoms with van der Waals surface area (Å²) < 4.78 is 5.29. The van der Waals surface area contributed by atoms with E-state index in [1.54, 1.807) is 13.3 Å². The Labute approximate surface area is 141 Å². The van der Waals surface area contributed by atoms with Crippen molar-refractivity contribution >= 4 is 18.0 Å². The fourth-order valence-corrected chi connectivity index (χ4v) is 2.61. The number of aliphatic imine (C=N–C) groups is 1. The Morgan fingerprint density at radius 3 is 3.08 bits per heavy atom. The second-order valence-corrected chi connectivity index (χ2v) is 5.59. The minimum atomic E-state index is 0.261. The fraction of sp³-hybridized carbons (Fsp3) is 0.353. The van der Waals surface area contributed by atoms with Crippen molar-refractivity contribution < 1.29 is 4.74 Å². The van der Waals surface area contributed by atoms with E-state index in [0.29, 0.717) is 0 Å². The molecule has 0 bridgehead atoms. The molecular weight excluding hydrogens is 304 g/mol. The van der Waals surface area contributed by atoms with Gasteiger partial charge < -0.3 is 15.8 Å². The van der Waals surface area contributed by atoms with Gasteiger partial charge in [0.2, 0.25) is 5.95 Å². The number of anilines is 2. The van der Waals surface area contributed by atoms with Crippen LogP contribution in [0.1, 0.15) is 6.42 Å². The number of nitrogen functional groups attached to an aromatic ring is 1. The Kier molecular flexibility index (Phi) is 5.22. The number of nitrogens with two attached hydrogens (primary N) is 1. The number of nitrogens with zero attached hydrogens (tertiary/aromatic N) is 4. The molecule has 0 aliphatic carbocycles. The molecule has 0 spiro atoms. The Morgan fingerprint density at radius 1 is 1.38 bits per heavy atom. The van der Waals surface area contributed by atoms with Crippen molar-refractivity contribution in [2.45, 2.75) is 6.42 Å². The molecule has 0 atom stereocenters. The van der Waals surface area contributed by atoms with E-state index in [9.17, 15) is 0 Å². The maximum Gasteiger partial charge on any atom is 0.221 e. The Bertz CT molecular complexity index is 710. The predicted octanol–water partition coefficient (Wildman–Crippen LogP) is 1.88. The number of hydrogen-bond donors (Lipinski definition) is 2. The molecule has 24 heavy (non-hydrogen) atoms. The van der Waals surface area contributed by atoms with Crippen LogP contribution in [0.4, 0.5) is 11.8 Å². The molecule has 3 N–H and O–H groups in total. The average molecular weight is 326 g/mol. The van der Waals surface area contributed by atoms with Gasteiger partial charge in [-0.05, 0) is 24.1 Å². The lowest BCUT2D eigenvalue weighted by atomic mass is 10.1. The number of nitrogens with one attached hydrogen (secondary N) is 1. The van der Waals surface area contributed by atoms with Gasteiger partial charge in [-0.2, -0.15) is 4.98 Å². The summed E-state index contributed by atoms with van der Waals surface area (Å²) in [6, 6.07) is 7.82. The normalized spacial score (nSPS) is 14.0. The van der Waals surface area contributed by atoms with Crippen LogP contribution in [0.2, 0.25) is 0 Å². The zero-order valence-electron chi connectivity index (χ0n) is 13.8. The first kappa shape index (κ1) is 16.2. The zero-order chi connectivity index (χ0) is 16.8. The molecule has 1 aliphatic heterocycles. The van der Waals surface area contributed by atoms with Gasteiger partial charge in [-0.3, -0.25) is 9.89 Å². The van der Waals surface area contributed by atoms with Crippen molar-refractivity contribution in [2.24, 2.45) is 4.99 Å². The van der Waals surface area contributed by atoms with Crippen LogP contribution in [-0.4, -0.2) is 54.5 Å². The summed E-state index contributed by atoms with van der Waals surface area (Å²) in [5, 5.41) is 3.37. The zero-order valence-corrected chi connectivity index (χ0v) is 13.8. The number of aromatic nitrogens is 2. The summed E-state index contributed by atoms with van der Waals surface area (Å²) in [6.07, 6.45) is 4.71. The number of rotatable bonds is 7. The third-order valence-corrected chi connectivity index (χ3v) is 3.88. The largest absolute Gasteiger partial charge is 0.497 e. The highest BCUT2D eigenvalue weighted by Crippen LogP contribution is 2.28. The SMILES string of the molecule is COc1cccc(-c2cnc(N)nc2NCCCN2CC=NC2)c1. The van der Waals surface area contributed by atoms with Crippen molar-refractivity contribution in [3.63, 3.8) is 0 Å². The van der Waals surface area contributed by atoms with Gasteiger partial charge in [-0.25, -0.2) is 4.98 Å². The summed E-state index contributed by atoms with van der Waals surface area (Å²) in [7, 11) is 1.65. The van der Waals surface area contributed by atoms with E-state index in [1.807, 2.05) is 30.5 Å². The molecule has 1 aromatic heterocycles. The molecular formula is C17H22N6O. The van der Waals surface area contributed by atoms with Gasteiger partial charge in [0.05, 0.1) is 13.8 Å². The molecule has 0 radical (unpaired) electrons. The van der Waals surface area contributed by atoms with E-state index in [-0.39, 0.29) is 5.95 Å². The predicted molar refractivity (Wildman–Crippen MR) is 96.5 cm³/mol. The molecule has 0 saturated heterocycles. The minimum absolute atomic E-state index is 0.261. The first-order valence-corrected chi connectivity index (χ1v) is 7.98. The number of methoxy groups -OCH3 is 1. The molecule has 1 aromatic carbocycles. The summed E-state index contributed by atoms with van der Waals surface area (Å²) in [6.45, 7) is 3.55. The Morgan fingerprint density at radius 2 is 2.29 bits per heavy atom. The molecule has 0 fully saturated rings. The minimum Gasteiger partial charge on any atom is -0.497 e. The van der Waals surface area contributed by atoms with Gasteiger partial charge in [0.25, 0.3) is 0 Å². The van der Waals surface area contributed by atoms with Gasteiger partial charge in [0.1, 0.15) is 11.6 Å². The monoisotopic (exact) mass is 326 g/mol. The third-order valence-electron chi connectivity index (χ3n) is 3.88. The maximum absolute atomic E-state index is 5.75. The first-order chi connectivity index (χ1) is 11.8. The van der Waals surface area contributed by atoms with Gasteiger partial charge in [-0.1, -0.05) is 12.1 Å². The molecule has 7 nitrogen and oxygen atoms in total. The average Bonchev–Trinajstić information content (AvgIpc) is 3.12. The van der Waals surface area contributed by atoms with E-state index in [0.717, 1.165) is 55.4 Å². The lowest BCUT2D eigenvalue weighted by Crippen LogP contribution is -2.23. The van der Waals surface area contributed by atoms with Crippen LogP contribution in [0.5, 0.6) is 5.75 Å². The van der Waals surface area contributed by atoms with E-state index in [2.05, 4.69) is 25.2 Å². The number of hydrogen-bond acceptors (Lipinski definition) is 7. The van der Waals surface area contributed by atoms with E-state index in [4.69, 9.17) is 10.5 Å². The molecule has 0 amide bonds. The summed E-state index contributed by atoms with van der Waals surface area (Å²) in [5.41, 5.74) is 7.65. The molecule has 1 aliphatic rings. The topological polar surface area (TPSA) is 88.7 Å². The highest BCUT2D eigenvalue weighted by molar-refractivity contribution is 5.76. The van der Waals surface area contributed by atoms with Crippen LogP contribution >= 0.6 is 0 Å². The van der Waals surface area contributed by atoms with Crippen molar-refractivity contribution in [1.82, 2.24) is 14.9 Å². The van der Waals surface area contributed by atoms with Crippen molar-refractivity contribution in [1.29, 1.82) is 0 Å². The molecule has 2 heterocycles. The number of benzene rings is 1. The lowest BCUT2D eigenvalue weighted by molar-refractivity contribution is 0.341. The molecule has 7 heteroatoms. The highest BCUT2D eigenvalue weighted by Gasteiger charge is 2.10. The second kappa shape index (κ2) is 7.74. The van der Waals surface area contributed by atoms with Crippen LogP contribution in [0.25, 0.3) is 11.1 Å². The lowest BCUT2D eigenvalue weighted by Gasteiger charge is -2.15. The van der Waals surface area contributed by atoms with Gasteiger partial charge >= 0.3 is 0 Å². The standard InChI is InChI=1S/C17H22N6O/c1-24-14-5-2-4-13(10-14)15-11-21-17(18)22-16(15)20-6-3-8-23-9-7-19-12-23/h2,4-5,7,10-11H,3,6,8-9,12H2,1H3,(H3,18,20,21,22). The van der Waals surface area contributed by atoms with Crippen LogP contribution in [0, 0.1) is 0 Å². The summed E-state index contributed by atoms with van der Waals surface area (Å²) in [4.78, 5) is 15.0. The molecule has 3 rings (SSSR count). The summed E-state index contributed by atoms with van der Waals surface area (Å²) in [5.74, 6) is 1.80. The number of ether oxygens (including phenoxy) is 1. The van der Waals surface area contributed by atoms with Crippen LogP contribution in [0.15, 0.2) is 35.5 Å². The first-order valence-electron chi connectivity index (χ1n) is 7.98. The van der Waals surface area contributed by atoms with Crippen molar-refractivity contribution in [3.8, 4) is 16.9 Å². The van der Waals surface area contributed by atoms with Crippen LogP contribution in [0.3, 0.4) is 0 Å². The smallest absolute Gasteiger partial charge is 0.221 e. The highest BCUT2D eigenvalue weighted by atomic mass is 16.5. The summed E-state index contributed by atoms with van der Waals surface area (Å²) >= 11 is 0. The maximum atomic E-state index is 5.75. The Hall–Kier alpha value is -2.67. The molecule has 0 saturated carbocycles. The van der Waals surface area contributed by atoms with E-state index in [1.165, 1.54) is 0 Å². The second-order valence-electron chi connectivity index (χ2n) is 5.59. The van der Waals surface area contributed by atoms with Crippen LogP contribution < -0.4 is 15.8 Å². The Balaban J connectivity index is 1.68. The fourth-order valence-electron chi connectivity index (χ4n) is 2.61. The van der Waals surface area contributed by atoms with E-state index >= 15 is 0 Å². The van der Waals surface area contributed by atoms with E-state index < -0.39 is 0 Å². The molecule has 0 unspecified atom stereocenters. The quantitative estimate of drug-likeness (QED) is 0.755.